The summed E-state index contributed by atoms with van der Waals surface area (Å²) < 4.78 is 5.72. The van der Waals surface area contributed by atoms with Crippen LogP contribution >= 0.6 is 23.1 Å². The second-order valence-electron chi connectivity index (χ2n) is 4.66. The average Bonchev–Trinajstić information content (AvgIpc) is 3.17. The van der Waals surface area contributed by atoms with Gasteiger partial charge in [-0.25, -0.2) is 9.97 Å². The Balaban J connectivity index is 1.64. The van der Waals surface area contributed by atoms with Crippen LogP contribution in [0.2, 0.25) is 0 Å². The maximum Gasteiger partial charge on any atom is 0.283 e. The van der Waals surface area contributed by atoms with E-state index < -0.39 is 0 Å². The molecule has 0 aliphatic carbocycles. The van der Waals surface area contributed by atoms with Gasteiger partial charge in [0.05, 0.1) is 0 Å². The molecule has 0 atom stereocenters. The van der Waals surface area contributed by atoms with E-state index in [1.54, 1.807) is 17.7 Å². The topological polar surface area (TPSA) is 64.7 Å². The van der Waals surface area contributed by atoms with E-state index in [1.807, 2.05) is 42.6 Å². The minimum atomic E-state index is 0.474. The van der Waals surface area contributed by atoms with Crippen molar-refractivity contribution in [2.75, 3.05) is 0 Å². The molecule has 5 nitrogen and oxygen atoms in total. The van der Waals surface area contributed by atoms with Gasteiger partial charge in [0.2, 0.25) is 5.89 Å². The van der Waals surface area contributed by atoms with Gasteiger partial charge in [-0.1, -0.05) is 17.7 Å². The smallest absolute Gasteiger partial charge is 0.283 e. The zero-order valence-corrected chi connectivity index (χ0v) is 13.2. The normalized spacial score (nSPS) is 11.1. The number of fused-ring (bicyclic) bond motifs is 1. The monoisotopic (exact) mass is 326 g/mol. The number of rotatable bonds is 3. The van der Waals surface area contributed by atoms with Crippen LogP contribution < -0.4 is 0 Å². The molecular weight excluding hydrogens is 316 g/mol. The molecule has 0 spiro atoms. The second kappa shape index (κ2) is 5.51. The van der Waals surface area contributed by atoms with Crippen LogP contribution in [0.15, 0.2) is 56.7 Å². The van der Waals surface area contributed by atoms with Crippen molar-refractivity contribution in [3.8, 4) is 11.5 Å². The summed E-state index contributed by atoms with van der Waals surface area (Å²) in [7, 11) is 0. The summed E-state index contributed by atoms with van der Waals surface area (Å²) in [6.07, 6.45) is 1.55. The van der Waals surface area contributed by atoms with Crippen molar-refractivity contribution in [3.63, 3.8) is 0 Å². The number of thiophene rings is 1. The highest BCUT2D eigenvalue weighted by Crippen LogP contribution is 2.33. The minimum Gasteiger partial charge on any atom is -0.411 e. The van der Waals surface area contributed by atoms with Gasteiger partial charge in [0.15, 0.2) is 0 Å². The third-order valence-electron chi connectivity index (χ3n) is 3.11. The number of hydrogen-bond acceptors (Lipinski definition) is 7. The number of aromatic nitrogens is 4. The molecule has 3 aromatic heterocycles. The van der Waals surface area contributed by atoms with E-state index in [4.69, 9.17) is 4.42 Å². The summed E-state index contributed by atoms with van der Waals surface area (Å²) in [6.45, 7) is 2.04. The van der Waals surface area contributed by atoms with Crippen LogP contribution in [0.1, 0.15) is 5.56 Å². The lowest BCUT2D eigenvalue weighted by Crippen LogP contribution is -1.83. The molecule has 4 rings (SSSR count). The zero-order valence-electron chi connectivity index (χ0n) is 11.6. The molecule has 1 aromatic carbocycles. The van der Waals surface area contributed by atoms with Gasteiger partial charge >= 0.3 is 0 Å². The second-order valence-corrected chi connectivity index (χ2v) is 6.49. The van der Waals surface area contributed by atoms with Gasteiger partial charge in [0.1, 0.15) is 16.2 Å². The largest absolute Gasteiger partial charge is 0.411 e. The number of benzene rings is 1. The molecule has 0 unspecified atom stereocenters. The van der Waals surface area contributed by atoms with E-state index in [-0.39, 0.29) is 0 Å². The van der Waals surface area contributed by atoms with Gasteiger partial charge in [-0.15, -0.1) is 21.5 Å². The first-order valence-electron chi connectivity index (χ1n) is 6.56. The lowest BCUT2D eigenvalue weighted by atomic mass is 10.1. The van der Waals surface area contributed by atoms with Gasteiger partial charge in [-0.3, -0.25) is 0 Å². The summed E-state index contributed by atoms with van der Waals surface area (Å²) in [6, 6.07) is 9.98. The summed E-state index contributed by atoms with van der Waals surface area (Å²) in [5.74, 6) is 0.512. The van der Waals surface area contributed by atoms with Crippen molar-refractivity contribution in [1.82, 2.24) is 20.2 Å². The third kappa shape index (κ3) is 2.49. The van der Waals surface area contributed by atoms with Crippen molar-refractivity contribution >= 4 is 33.3 Å². The van der Waals surface area contributed by atoms with E-state index in [2.05, 4.69) is 20.2 Å². The number of nitrogens with zero attached hydrogens (tertiary/aromatic N) is 4. The summed E-state index contributed by atoms with van der Waals surface area (Å²) in [4.78, 5) is 9.49. The molecule has 3 heterocycles. The molecule has 4 aromatic rings. The van der Waals surface area contributed by atoms with Crippen LogP contribution in [0, 0.1) is 6.92 Å². The zero-order chi connectivity index (χ0) is 14.9. The van der Waals surface area contributed by atoms with E-state index in [9.17, 15) is 0 Å². The minimum absolute atomic E-state index is 0.474. The van der Waals surface area contributed by atoms with Crippen molar-refractivity contribution < 1.29 is 4.42 Å². The SMILES string of the molecule is Cc1ccc(-c2nnc(Sc3ncnc4sccc34)o2)cc1. The molecule has 0 saturated heterocycles. The Bertz CT molecular complexity index is 930. The van der Waals surface area contributed by atoms with E-state index in [0.717, 1.165) is 20.8 Å². The summed E-state index contributed by atoms with van der Waals surface area (Å²) in [5, 5.41) is 12.5. The molecule has 7 heteroatoms. The lowest BCUT2D eigenvalue weighted by molar-refractivity contribution is 0.465. The molecular formula is C15H10N4OS2. The van der Waals surface area contributed by atoms with Gasteiger partial charge in [0, 0.05) is 10.9 Å². The fraction of sp³-hybridized carbons (Fsp3) is 0.0667. The quantitative estimate of drug-likeness (QED) is 0.526. The lowest BCUT2D eigenvalue weighted by Gasteiger charge is -1.97. The predicted octanol–water partition coefficient (Wildman–Crippen LogP) is 4.20. The predicted molar refractivity (Wildman–Crippen MR) is 86.0 cm³/mol. The van der Waals surface area contributed by atoms with Crippen LogP contribution in [-0.4, -0.2) is 20.2 Å². The molecule has 0 N–H and O–H groups in total. The standard InChI is InChI=1S/C15H10N4OS2/c1-9-2-4-10(5-3-9)12-18-19-15(20-12)22-14-11-6-7-21-13(11)16-8-17-14/h2-8H,1H3. The highest BCUT2D eigenvalue weighted by molar-refractivity contribution is 7.99. The molecule has 0 radical (unpaired) electrons. The first-order chi connectivity index (χ1) is 10.8. The van der Waals surface area contributed by atoms with E-state index >= 15 is 0 Å². The van der Waals surface area contributed by atoms with Crippen LogP contribution in [0.3, 0.4) is 0 Å². The van der Waals surface area contributed by atoms with Crippen molar-refractivity contribution in [1.29, 1.82) is 0 Å². The summed E-state index contributed by atoms with van der Waals surface area (Å²) >= 11 is 2.94. The number of aryl methyl sites for hydroxylation is 1. The Morgan fingerprint density at radius 1 is 1.05 bits per heavy atom. The summed E-state index contributed by atoms with van der Waals surface area (Å²) in [5.41, 5.74) is 2.10. The van der Waals surface area contributed by atoms with Crippen LogP contribution in [0.5, 0.6) is 0 Å². The Labute approximate surface area is 134 Å². The number of hydrogen-bond donors (Lipinski definition) is 0. The van der Waals surface area contributed by atoms with E-state index in [0.29, 0.717) is 11.1 Å². The first-order valence-corrected chi connectivity index (χ1v) is 8.26. The van der Waals surface area contributed by atoms with Crippen molar-refractivity contribution in [2.45, 2.75) is 17.2 Å². The average molecular weight is 326 g/mol. The van der Waals surface area contributed by atoms with Crippen LogP contribution in [0.4, 0.5) is 0 Å². The fourth-order valence-electron chi connectivity index (χ4n) is 2.00. The van der Waals surface area contributed by atoms with Crippen LogP contribution in [0.25, 0.3) is 21.7 Å². The Morgan fingerprint density at radius 2 is 1.91 bits per heavy atom. The maximum atomic E-state index is 5.72. The third-order valence-corrected chi connectivity index (χ3v) is 4.79. The Morgan fingerprint density at radius 3 is 2.77 bits per heavy atom. The van der Waals surface area contributed by atoms with E-state index in [1.165, 1.54) is 17.3 Å². The molecule has 22 heavy (non-hydrogen) atoms. The highest BCUT2D eigenvalue weighted by atomic mass is 32.2. The Kier molecular flexibility index (Phi) is 3.36. The Hall–Kier alpha value is -2.25. The van der Waals surface area contributed by atoms with Gasteiger partial charge in [0.25, 0.3) is 5.22 Å². The van der Waals surface area contributed by atoms with Gasteiger partial charge in [-0.05, 0) is 42.3 Å². The van der Waals surface area contributed by atoms with Crippen LogP contribution in [-0.2, 0) is 0 Å². The molecule has 0 bridgehead atoms. The molecule has 0 saturated carbocycles. The fourth-order valence-corrected chi connectivity index (χ4v) is 3.53. The molecule has 108 valence electrons. The molecule has 0 fully saturated rings. The van der Waals surface area contributed by atoms with Gasteiger partial charge in [-0.2, -0.15) is 0 Å². The molecule has 0 aliphatic heterocycles. The van der Waals surface area contributed by atoms with Crippen molar-refractivity contribution in [2.24, 2.45) is 0 Å². The first kappa shape index (κ1) is 13.4. The van der Waals surface area contributed by atoms with Gasteiger partial charge < -0.3 is 4.42 Å². The maximum absolute atomic E-state index is 5.72. The molecule has 0 amide bonds. The highest BCUT2D eigenvalue weighted by Gasteiger charge is 2.13. The van der Waals surface area contributed by atoms with Crippen molar-refractivity contribution in [3.05, 3.63) is 47.6 Å². The molecule has 0 aliphatic rings.